The predicted octanol–water partition coefficient (Wildman–Crippen LogP) is 4.01. The highest BCUT2D eigenvalue weighted by atomic mass is 79.9. The highest BCUT2D eigenvalue weighted by Gasteiger charge is 2.18. The standard InChI is InChI=1S/C15H13BrF2O2/c1-20-15-7-9(16)5-6-10(15)14(19)8-11-12(17)3-2-4-13(11)18/h2-7,14,19H,8H2,1H3. The molecule has 5 heteroatoms. The topological polar surface area (TPSA) is 29.5 Å². The number of halogens is 3. The summed E-state index contributed by atoms with van der Waals surface area (Å²) in [5.41, 5.74) is 0.350. The van der Waals surface area contributed by atoms with Crippen molar-refractivity contribution in [3.05, 3.63) is 63.6 Å². The quantitative estimate of drug-likeness (QED) is 0.909. The van der Waals surface area contributed by atoms with Gasteiger partial charge < -0.3 is 9.84 Å². The van der Waals surface area contributed by atoms with Crippen molar-refractivity contribution in [2.24, 2.45) is 0 Å². The summed E-state index contributed by atoms with van der Waals surface area (Å²) in [6.07, 6.45) is -1.21. The van der Waals surface area contributed by atoms with Crippen molar-refractivity contribution in [3.8, 4) is 5.75 Å². The van der Waals surface area contributed by atoms with E-state index >= 15 is 0 Å². The average molecular weight is 343 g/mol. The van der Waals surface area contributed by atoms with Crippen molar-refractivity contribution >= 4 is 15.9 Å². The summed E-state index contributed by atoms with van der Waals surface area (Å²) in [6, 6.07) is 8.72. The minimum absolute atomic E-state index is 0.134. The van der Waals surface area contributed by atoms with Gasteiger partial charge in [0.25, 0.3) is 0 Å². The van der Waals surface area contributed by atoms with Crippen LogP contribution in [0.25, 0.3) is 0 Å². The molecule has 1 N–H and O–H groups in total. The first kappa shape index (κ1) is 14.9. The van der Waals surface area contributed by atoms with Gasteiger partial charge in [0.2, 0.25) is 0 Å². The Morgan fingerprint density at radius 2 is 1.85 bits per heavy atom. The zero-order chi connectivity index (χ0) is 14.7. The Balaban J connectivity index is 2.31. The molecule has 0 aliphatic heterocycles. The fourth-order valence-electron chi connectivity index (χ4n) is 1.99. The van der Waals surface area contributed by atoms with Gasteiger partial charge in [0.15, 0.2) is 0 Å². The number of benzene rings is 2. The normalized spacial score (nSPS) is 12.2. The molecule has 2 aromatic rings. The van der Waals surface area contributed by atoms with Crippen LogP contribution in [-0.2, 0) is 6.42 Å². The highest BCUT2D eigenvalue weighted by Crippen LogP contribution is 2.31. The fourth-order valence-corrected chi connectivity index (χ4v) is 2.33. The molecule has 0 aromatic heterocycles. The van der Waals surface area contributed by atoms with Crippen LogP contribution in [0.1, 0.15) is 17.2 Å². The summed E-state index contributed by atoms with van der Waals surface area (Å²) in [5, 5.41) is 10.2. The molecule has 1 atom stereocenters. The summed E-state index contributed by atoms with van der Waals surface area (Å²) < 4.78 is 33.1. The molecule has 0 bridgehead atoms. The van der Waals surface area contributed by atoms with E-state index in [2.05, 4.69) is 15.9 Å². The first-order valence-corrected chi connectivity index (χ1v) is 6.76. The fraction of sp³-hybridized carbons (Fsp3) is 0.200. The highest BCUT2D eigenvalue weighted by molar-refractivity contribution is 9.10. The van der Waals surface area contributed by atoms with Crippen LogP contribution < -0.4 is 4.74 Å². The molecule has 0 heterocycles. The molecule has 0 aliphatic carbocycles. The van der Waals surface area contributed by atoms with Crippen molar-refractivity contribution in [2.45, 2.75) is 12.5 Å². The lowest BCUT2D eigenvalue weighted by molar-refractivity contribution is 0.171. The van der Waals surface area contributed by atoms with E-state index in [-0.39, 0.29) is 12.0 Å². The largest absolute Gasteiger partial charge is 0.496 e. The predicted molar refractivity (Wildman–Crippen MR) is 75.7 cm³/mol. The van der Waals surface area contributed by atoms with Gasteiger partial charge in [-0.25, -0.2) is 8.78 Å². The molecular weight excluding hydrogens is 330 g/mol. The van der Waals surface area contributed by atoms with Crippen LogP contribution in [0, 0.1) is 11.6 Å². The van der Waals surface area contributed by atoms with Crippen molar-refractivity contribution in [3.63, 3.8) is 0 Å². The minimum atomic E-state index is -1.05. The van der Waals surface area contributed by atoms with Gasteiger partial charge in [-0.1, -0.05) is 28.1 Å². The molecule has 0 radical (unpaired) electrons. The molecule has 0 aliphatic rings. The summed E-state index contributed by atoms with van der Waals surface area (Å²) in [4.78, 5) is 0. The number of aliphatic hydroxyl groups excluding tert-OH is 1. The lowest BCUT2D eigenvalue weighted by Gasteiger charge is -2.16. The van der Waals surface area contributed by atoms with Gasteiger partial charge in [-0.2, -0.15) is 0 Å². The van der Waals surface area contributed by atoms with Crippen molar-refractivity contribution < 1.29 is 18.6 Å². The van der Waals surface area contributed by atoms with Gasteiger partial charge in [0.1, 0.15) is 17.4 Å². The first-order valence-electron chi connectivity index (χ1n) is 5.97. The maximum absolute atomic E-state index is 13.6. The second-order valence-corrected chi connectivity index (χ2v) is 5.22. The summed E-state index contributed by atoms with van der Waals surface area (Å²) in [7, 11) is 1.47. The lowest BCUT2D eigenvalue weighted by Crippen LogP contribution is -2.07. The van der Waals surface area contributed by atoms with E-state index in [9.17, 15) is 13.9 Å². The molecule has 0 spiro atoms. The monoisotopic (exact) mass is 342 g/mol. The van der Waals surface area contributed by atoms with E-state index in [1.165, 1.54) is 25.3 Å². The van der Waals surface area contributed by atoms with E-state index in [4.69, 9.17) is 4.74 Å². The first-order chi connectivity index (χ1) is 9.52. The molecule has 0 fully saturated rings. The Labute approximate surface area is 124 Å². The molecule has 2 aromatic carbocycles. The van der Waals surface area contributed by atoms with Crippen LogP contribution in [0.3, 0.4) is 0 Å². The van der Waals surface area contributed by atoms with Crippen molar-refractivity contribution in [1.82, 2.24) is 0 Å². The molecule has 2 nitrogen and oxygen atoms in total. The van der Waals surface area contributed by atoms with E-state index < -0.39 is 17.7 Å². The maximum Gasteiger partial charge on any atom is 0.129 e. The third-order valence-electron chi connectivity index (χ3n) is 3.01. The van der Waals surface area contributed by atoms with E-state index in [1.54, 1.807) is 18.2 Å². The Morgan fingerprint density at radius 3 is 2.45 bits per heavy atom. The lowest BCUT2D eigenvalue weighted by atomic mass is 10.00. The van der Waals surface area contributed by atoms with Crippen LogP contribution in [0.5, 0.6) is 5.75 Å². The summed E-state index contributed by atoms with van der Waals surface area (Å²) >= 11 is 3.29. The number of ether oxygens (including phenoxy) is 1. The Hall–Kier alpha value is -1.46. The van der Waals surface area contributed by atoms with Crippen molar-refractivity contribution in [1.29, 1.82) is 0 Å². The Bertz CT molecular complexity index is 597. The number of aliphatic hydroxyl groups is 1. The number of methoxy groups -OCH3 is 1. The third kappa shape index (κ3) is 3.16. The molecule has 1 unspecified atom stereocenters. The van der Waals surface area contributed by atoms with Gasteiger partial charge in [-0.3, -0.25) is 0 Å². The summed E-state index contributed by atoms with van der Waals surface area (Å²) in [6.45, 7) is 0. The number of hydrogen-bond acceptors (Lipinski definition) is 2. The number of hydrogen-bond donors (Lipinski definition) is 1. The summed E-state index contributed by atoms with van der Waals surface area (Å²) in [5.74, 6) is -0.871. The van der Waals surface area contributed by atoms with Crippen LogP contribution in [-0.4, -0.2) is 12.2 Å². The van der Waals surface area contributed by atoms with E-state index in [0.717, 1.165) is 4.47 Å². The molecule has 0 saturated heterocycles. The van der Waals surface area contributed by atoms with Crippen molar-refractivity contribution in [2.75, 3.05) is 7.11 Å². The van der Waals surface area contributed by atoms with Crippen LogP contribution in [0.15, 0.2) is 40.9 Å². The molecule has 20 heavy (non-hydrogen) atoms. The molecule has 0 amide bonds. The Kier molecular flexibility index (Phi) is 4.73. The smallest absolute Gasteiger partial charge is 0.129 e. The van der Waals surface area contributed by atoms with Gasteiger partial charge in [-0.05, 0) is 24.3 Å². The molecule has 2 rings (SSSR count). The molecule has 0 saturated carbocycles. The van der Waals surface area contributed by atoms with Gasteiger partial charge in [0.05, 0.1) is 13.2 Å². The van der Waals surface area contributed by atoms with Gasteiger partial charge in [-0.15, -0.1) is 0 Å². The van der Waals surface area contributed by atoms with Crippen LogP contribution in [0.4, 0.5) is 8.78 Å². The minimum Gasteiger partial charge on any atom is -0.496 e. The SMILES string of the molecule is COc1cc(Br)ccc1C(O)Cc1c(F)cccc1F. The van der Waals surface area contributed by atoms with Crippen LogP contribution >= 0.6 is 15.9 Å². The zero-order valence-electron chi connectivity index (χ0n) is 10.7. The second-order valence-electron chi connectivity index (χ2n) is 4.31. The zero-order valence-corrected chi connectivity index (χ0v) is 12.3. The van der Waals surface area contributed by atoms with Gasteiger partial charge in [0, 0.05) is 22.0 Å². The van der Waals surface area contributed by atoms with Gasteiger partial charge >= 0.3 is 0 Å². The number of rotatable bonds is 4. The van der Waals surface area contributed by atoms with E-state index in [0.29, 0.717) is 11.3 Å². The molecule has 106 valence electrons. The molecular formula is C15H13BrF2O2. The van der Waals surface area contributed by atoms with Crippen LogP contribution in [0.2, 0.25) is 0 Å². The average Bonchev–Trinajstić information content (AvgIpc) is 2.42. The Morgan fingerprint density at radius 1 is 1.20 bits per heavy atom. The maximum atomic E-state index is 13.6. The second kappa shape index (κ2) is 6.33. The van der Waals surface area contributed by atoms with E-state index in [1.807, 2.05) is 0 Å². The third-order valence-corrected chi connectivity index (χ3v) is 3.51.